The summed E-state index contributed by atoms with van der Waals surface area (Å²) < 4.78 is 0.572. The minimum atomic E-state index is -1.09. The van der Waals surface area contributed by atoms with E-state index in [1.54, 1.807) is 0 Å². The van der Waals surface area contributed by atoms with Crippen LogP contribution in [0.25, 0.3) is 0 Å². The number of carboxylic acids is 1. The first-order chi connectivity index (χ1) is 8.95. The quantitative estimate of drug-likeness (QED) is 0.718. The second-order valence-corrected chi connectivity index (χ2v) is 5.29. The molecule has 0 aliphatic heterocycles. The Morgan fingerprint density at radius 1 is 1.26 bits per heavy atom. The molecular weight excluding hydrogens is 334 g/mol. The molecule has 0 saturated heterocycles. The molecule has 2 rings (SSSR count). The highest BCUT2D eigenvalue weighted by Crippen LogP contribution is 2.28. The molecule has 0 bridgehead atoms. The highest BCUT2D eigenvalue weighted by molar-refractivity contribution is 9.10. The van der Waals surface area contributed by atoms with Gasteiger partial charge in [0, 0.05) is 16.7 Å². The van der Waals surface area contributed by atoms with E-state index in [2.05, 4.69) is 30.9 Å². The minimum absolute atomic E-state index is 0.0453. The number of pyridine rings is 1. The van der Waals surface area contributed by atoms with Crippen molar-refractivity contribution in [3.05, 3.63) is 28.4 Å². The average molecular weight is 342 g/mol. The van der Waals surface area contributed by atoms with Crippen LogP contribution in [-0.2, 0) is 0 Å². The van der Waals surface area contributed by atoms with Crippen molar-refractivity contribution >= 4 is 45.3 Å². The van der Waals surface area contributed by atoms with E-state index in [0.717, 1.165) is 11.8 Å². The third-order valence-corrected chi connectivity index (χ3v) is 3.30. The lowest BCUT2D eigenvalue weighted by Crippen LogP contribution is -2.03. The van der Waals surface area contributed by atoms with Crippen LogP contribution in [0.1, 0.15) is 10.4 Å². The lowest BCUT2D eigenvalue weighted by atomic mass is 10.3. The fourth-order valence-electron chi connectivity index (χ4n) is 1.26. The van der Waals surface area contributed by atoms with E-state index in [4.69, 9.17) is 16.6 Å². The first-order valence-electron chi connectivity index (χ1n) is 4.92. The fourth-order valence-corrected chi connectivity index (χ4v) is 2.42. The molecule has 19 heavy (non-hydrogen) atoms. The Kier molecular flexibility index (Phi) is 3.86. The van der Waals surface area contributed by atoms with E-state index in [0.29, 0.717) is 4.47 Å². The third-order valence-electron chi connectivity index (χ3n) is 1.98. The highest BCUT2D eigenvalue weighted by Gasteiger charge is 2.15. The number of halogens is 1. The third kappa shape index (κ3) is 3.32. The van der Waals surface area contributed by atoms with Crippen molar-refractivity contribution in [2.75, 3.05) is 11.5 Å². The van der Waals surface area contributed by atoms with Gasteiger partial charge in [-0.1, -0.05) is 0 Å². The minimum Gasteiger partial charge on any atom is -0.478 e. The van der Waals surface area contributed by atoms with Gasteiger partial charge in [-0.25, -0.2) is 19.7 Å². The lowest BCUT2D eigenvalue weighted by Gasteiger charge is -2.05. The number of nitrogen functional groups attached to an aromatic ring is 2. The Bertz CT molecular complexity index is 632. The van der Waals surface area contributed by atoms with Crippen LogP contribution >= 0.6 is 27.7 Å². The van der Waals surface area contributed by atoms with Crippen molar-refractivity contribution in [3.8, 4) is 0 Å². The Balaban J connectivity index is 2.40. The van der Waals surface area contributed by atoms with E-state index in [-0.39, 0.29) is 27.4 Å². The number of aromatic carboxylic acids is 1. The summed E-state index contributed by atoms with van der Waals surface area (Å²) in [5.74, 6) is -0.666. The second-order valence-electron chi connectivity index (χ2n) is 3.41. The van der Waals surface area contributed by atoms with E-state index < -0.39 is 5.97 Å². The predicted octanol–water partition coefficient (Wildman–Crippen LogP) is 1.65. The molecule has 0 unspecified atom stereocenters. The largest absolute Gasteiger partial charge is 0.478 e. The van der Waals surface area contributed by atoms with E-state index >= 15 is 0 Å². The lowest BCUT2D eigenvalue weighted by molar-refractivity contribution is 0.0692. The molecule has 2 heterocycles. The van der Waals surface area contributed by atoms with Crippen molar-refractivity contribution in [3.63, 3.8) is 0 Å². The number of carbonyl (C=O) groups is 1. The number of hydrogen-bond donors (Lipinski definition) is 3. The molecule has 0 amide bonds. The van der Waals surface area contributed by atoms with Crippen LogP contribution in [0.3, 0.4) is 0 Å². The molecule has 0 aromatic carbocycles. The first-order valence-corrected chi connectivity index (χ1v) is 6.53. The summed E-state index contributed by atoms with van der Waals surface area (Å²) >= 11 is 4.15. The van der Waals surface area contributed by atoms with Crippen LogP contribution in [0, 0.1) is 0 Å². The molecule has 2 aromatic rings. The highest BCUT2D eigenvalue weighted by atomic mass is 79.9. The monoisotopic (exact) mass is 341 g/mol. The molecule has 0 aliphatic carbocycles. The SMILES string of the molecule is Nc1cc(N)nc(Sc2ncc(Br)cc2C(=O)O)n1. The number of nitrogens with two attached hydrogens (primary N) is 2. The summed E-state index contributed by atoms with van der Waals surface area (Å²) in [4.78, 5) is 23.1. The van der Waals surface area contributed by atoms with Crippen LogP contribution in [-0.4, -0.2) is 26.0 Å². The number of rotatable bonds is 3. The topological polar surface area (TPSA) is 128 Å². The number of carboxylic acid groups (broad SMARTS) is 1. The zero-order valence-electron chi connectivity index (χ0n) is 9.37. The molecule has 0 spiro atoms. The van der Waals surface area contributed by atoms with Gasteiger partial charge in [0.05, 0.1) is 5.56 Å². The Morgan fingerprint density at radius 3 is 2.47 bits per heavy atom. The molecular formula is C10H8BrN5O2S. The van der Waals surface area contributed by atoms with Gasteiger partial charge in [0.25, 0.3) is 0 Å². The smallest absolute Gasteiger partial charge is 0.338 e. The van der Waals surface area contributed by atoms with Gasteiger partial charge in [0.1, 0.15) is 16.7 Å². The van der Waals surface area contributed by atoms with Crippen LogP contribution < -0.4 is 11.5 Å². The zero-order valence-corrected chi connectivity index (χ0v) is 11.8. The summed E-state index contributed by atoms with van der Waals surface area (Å²) in [5.41, 5.74) is 11.1. The molecule has 9 heteroatoms. The summed E-state index contributed by atoms with van der Waals surface area (Å²) in [6, 6.07) is 2.87. The van der Waals surface area contributed by atoms with Crippen molar-refractivity contribution in [1.82, 2.24) is 15.0 Å². The molecule has 0 radical (unpaired) electrons. The summed E-state index contributed by atoms with van der Waals surface area (Å²) in [6.07, 6.45) is 1.49. The number of aromatic nitrogens is 3. The maximum Gasteiger partial charge on any atom is 0.338 e. The van der Waals surface area contributed by atoms with E-state index in [1.165, 1.54) is 18.3 Å². The Labute approximate surface area is 120 Å². The van der Waals surface area contributed by atoms with Crippen molar-refractivity contribution in [1.29, 1.82) is 0 Å². The summed E-state index contributed by atoms with van der Waals surface area (Å²) in [5, 5.41) is 9.62. The molecule has 7 nitrogen and oxygen atoms in total. The van der Waals surface area contributed by atoms with Crippen LogP contribution in [0.5, 0.6) is 0 Å². The number of anilines is 2. The van der Waals surface area contributed by atoms with Crippen LogP contribution in [0.15, 0.2) is 33.0 Å². The van der Waals surface area contributed by atoms with Gasteiger partial charge in [-0.15, -0.1) is 0 Å². The van der Waals surface area contributed by atoms with Crippen LogP contribution in [0.4, 0.5) is 11.6 Å². The second kappa shape index (κ2) is 5.41. The summed E-state index contributed by atoms with van der Waals surface area (Å²) in [7, 11) is 0. The van der Waals surface area contributed by atoms with Gasteiger partial charge in [0.2, 0.25) is 0 Å². The van der Waals surface area contributed by atoms with Crippen molar-refractivity contribution in [2.24, 2.45) is 0 Å². The van der Waals surface area contributed by atoms with Gasteiger partial charge in [-0.3, -0.25) is 0 Å². The zero-order chi connectivity index (χ0) is 14.0. The van der Waals surface area contributed by atoms with E-state index in [1.807, 2.05) is 0 Å². The van der Waals surface area contributed by atoms with Gasteiger partial charge in [0.15, 0.2) is 5.16 Å². The van der Waals surface area contributed by atoms with Crippen LogP contribution in [0.2, 0.25) is 0 Å². The maximum atomic E-state index is 11.1. The van der Waals surface area contributed by atoms with Gasteiger partial charge >= 0.3 is 5.97 Å². The number of hydrogen-bond acceptors (Lipinski definition) is 7. The van der Waals surface area contributed by atoms with E-state index in [9.17, 15) is 4.79 Å². The van der Waals surface area contributed by atoms with Gasteiger partial charge in [-0.05, 0) is 33.8 Å². The van der Waals surface area contributed by atoms with Crippen molar-refractivity contribution in [2.45, 2.75) is 10.2 Å². The van der Waals surface area contributed by atoms with Gasteiger partial charge < -0.3 is 16.6 Å². The summed E-state index contributed by atoms with van der Waals surface area (Å²) in [6.45, 7) is 0. The Hall–Kier alpha value is -1.87. The Morgan fingerprint density at radius 2 is 1.89 bits per heavy atom. The molecule has 0 saturated carbocycles. The fraction of sp³-hybridized carbons (Fsp3) is 0. The predicted molar refractivity (Wildman–Crippen MR) is 73.9 cm³/mol. The molecule has 98 valence electrons. The first kappa shape index (κ1) is 13.6. The average Bonchev–Trinajstić information content (AvgIpc) is 2.30. The maximum absolute atomic E-state index is 11.1. The van der Waals surface area contributed by atoms with Crippen molar-refractivity contribution < 1.29 is 9.90 Å². The molecule has 0 fully saturated rings. The normalized spacial score (nSPS) is 10.4. The van der Waals surface area contributed by atoms with Gasteiger partial charge in [-0.2, -0.15) is 0 Å². The standard InChI is InChI=1S/C10H8BrN5O2S/c11-4-1-5(9(17)18)8(14-3-4)19-10-15-6(12)2-7(13)16-10/h1-3H,(H,17,18)(H4,12,13,15,16). The molecule has 0 aliphatic rings. The molecule has 2 aromatic heterocycles. The molecule has 0 atom stereocenters. The molecule has 5 N–H and O–H groups in total. The number of nitrogens with zero attached hydrogens (tertiary/aromatic N) is 3.